The third kappa shape index (κ3) is 3.34. The lowest BCUT2D eigenvalue weighted by Crippen LogP contribution is -2.08. The van der Waals surface area contributed by atoms with Crippen LogP contribution in [0.2, 0.25) is 0 Å². The van der Waals surface area contributed by atoms with Crippen molar-refractivity contribution in [3.63, 3.8) is 0 Å². The number of hydrogen-bond donors (Lipinski definition) is 0. The van der Waals surface area contributed by atoms with Crippen molar-refractivity contribution in [2.45, 2.75) is 32.3 Å². The molecule has 0 radical (unpaired) electrons. The second kappa shape index (κ2) is 6.90. The van der Waals surface area contributed by atoms with Crippen LogP contribution >= 0.6 is 0 Å². The lowest BCUT2D eigenvalue weighted by Gasteiger charge is -2.10. The summed E-state index contributed by atoms with van der Waals surface area (Å²) < 4.78 is 16.2. The van der Waals surface area contributed by atoms with E-state index in [1.165, 1.54) is 5.56 Å². The zero-order valence-electron chi connectivity index (χ0n) is 15.3. The Bertz CT molecular complexity index is 813. The van der Waals surface area contributed by atoms with Crippen molar-refractivity contribution in [2.24, 2.45) is 11.1 Å². The lowest BCUT2D eigenvalue weighted by molar-refractivity contribution is 0.0854. The first-order chi connectivity index (χ1) is 12.7. The number of fused-ring (bicyclic) bond motifs is 1. The summed E-state index contributed by atoms with van der Waals surface area (Å²) in [5, 5.41) is 4.48. The molecular formula is C21H23NO4. The van der Waals surface area contributed by atoms with Crippen molar-refractivity contribution in [3.8, 4) is 17.2 Å². The second-order valence-corrected chi connectivity index (χ2v) is 6.92. The van der Waals surface area contributed by atoms with Gasteiger partial charge in [-0.15, -0.1) is 0 Å². The summed E-state index contributed by atoms with van der Waals surface area (Å²) in [4.78, 5) is 5.59. The molecule has 0 bridgehead atoms. The Morgan fingerprint density at radius 2 is 1.85 bits per heavy atom. The maximum absolute atomic E-state index is 5.59. The predicted molar refractivity (Wildman–Crippen MR) is 99.2 cm³/mol. The molecule has 4 rings (SSSR count). The lowest BCUT2D eigenvalue weighted by atomic mass is 10.0. The van der Waals surface area contributed by atoms with Gasteiger partial charge in [0.15, 0.2) is 11.5 Å². The zero-order chi connectivity index (χ0) is 18.1. The monoisotopic (exact) mass is 353 g/mol. The average Bonchev–Trinajstić information content (AvgIpc) is 3.29. The quantitative estimate of drug-likeness (QED) is 0.572. The van der Waals surface area contributed by atoms with Crippen LogP contribution in [0.5, 0.6) is 17.2 Å². The van der Waals surface area contributed by atoms with Crippen molar-refractivity contribution in [1.29, 1.82) is 0 Å². The number of rotatable bonds is 6. The zero-order valence-corrected chi connectivity index (χ0v) is 15.3. The molecule has 0 aromatic heterocycles. The molecule has 2 aliphatic rings. The molecule has 0 amide bonds. The number of benzene rings is 2. The van der Waals surface area contributed by atoms with Gasteiger partial charge in [-0.1, -0.05) is 11.2 Å². The van der Waals surface area contributed by atoms with Crippen LogP contribution in [0.25, 0.3) is 0 Å². The summed E-state index contributed by atoms with van der Waals surface area (Å²) in [6, 6.07) is 14.2. The van der Waals surface area contributed by atoms with E-state index in [-0.39, 0.29) is 6.10 Å². The van der Waals surface area contributed by atoms with Gasteiger partial charge in [0.05, 0.1) is 12.8 Å². The summed E-state index contributed by atoms with van der Waals surface area (Å²) in [5.74, 6) is 3.23. The van der Waals surface area contributed by atoms with Gasteiger partial charge in [0.2, 0.25) is 6.79 Å². The van der Waals surface area contributed by atoms with Gasteiger partial charge >= 0.3 is 0 Å². The Hall–Kier alpha value is -2.69. The third-order valence-corrected chi connectivity index (χ3v) is 4.71. The molecule has 1 aliphatic carbocycles. The van der Waals surface area contributed by atoms with Crippen LogP contribution in [0.3, 0.4) is 0 Å². The Balaban J connectivity index is 1.58. The maximum atomic E-state index is 5.59. The van der Waals surface area contributed by atoms with Gasteiger partial charge in [0, 0.05) is 5.92 Å². The Kier molecular flexibility index (Phi) is 4.45. The van der Waals surface area contributed by atoms with Crippen LogP contribution in [0.4, 0.5) is 0 Å². The van der Waals surface area contributed by atoms with E-state index in [1.807, 2.05) is 44.2 Å². The van der Waals surface area contributed by atoms with Gasteiger partial charge in [-0.3, -0.25) is 0 Å². The van der Waals surface area contributed by atoms with Gasteiger partial charge in [-0.2, -0.15) is 0 Å². The molecule has 5 heteroatoms. The summed E-state index contributed by atoms with van der Waals surface area (Å²) >= 11 is 0. The topological polar surface area (TPSA) is 49.3 Å². The van der Waals surface area contributed by atoms with Crippen LogP contribution in [-0.2, 0) is 4.84 Å². The van der Waals surface area contributed by atoms with Gasteiger partial charge < -0.3 is 19.0 Å². The highest BCUT2D eigenvalue weighted by Crippen LogP contribution is 2.51. The Labute approximate surface area is 153 Å². The van der Waals surface area contributed by atoms with Gasteiger partial charge in [0.25, 0.3) is 0 Å². The minimum atomic E-state index is 0.0472. The van der Waals surface area contributed by atoms with Crippen molar-refractivity contribution >= 4 is 5.71 Å². The molecule has 1 fully saturated rings. The maximum Gasteiger partial charge on any atom is 0.231 e. The normalized spacial score (nSPS) is 21.0. The molecule has 0 saturated heterocycles. The van der Waals surface area contributed by atoms with Crippen molar-refractivity contribution in [2.75, 3.05) is 13.9 Å². The number of ether oxygens (including phenoxy) is 3. The Morgan fingerprint density at radius 3 is 2.58 bits per heavy atom. The Morgan fingerprint density at radius 1 is 1.08 bits per heavy atom. The van der Waals surface area contributed by atoms with Crippen LogP contribution in [-0.4, -0.2) is 25.7 Å². The molecule has 0 spiro atoms. The van der Waals surface area contributed by atoms with Crippen LogP contribution in [0, 0.1) is 5.92 Å². The SMILES string of the molecule is COc1ccc(/C(=N/OC(C)C)[C@@H]2C[C@@H]2c2ccc3c(c2)OCO3)cc1. The molecule has 2 aromatic carbocycles. The van der Waals surface area contributed by atoms with E-state index in [2.05, 4.69) is 17.3 Å². The molecular weight excluding hydrogens is 330 g/mol. The summed E-state index contributed by atoms with van der Waals surface area (Å²) in [6.07, 6.45) is 1.09. The summed E-state index contributed by atoms with van der Waals surface area (Å²) in [7, 11) is 1.67. The highest BCUT2D eigenvalue weighted by molar-refractivity contribution is 6.04. The molecule has 1 heterocycles. The molecule has 2 aromatic rings. The van der Waals surface area contributed by atoms with Crippen molar-refractivity contribution < 1.29 is 19.0 Å². The van der Waals surface area contributed by atoms with Crippen molar-refractivity contribution in [1.82, 2.24) is 0 Å². The van der Waals surface area contributed by atoms with E-state index in [4.69, 9.17) is 19.0 Å². The van der Waals surface area contributed by atoms with Gasteiger partial charge in [-0.05, 0) is 73.7 Å². The van der Waals surface area contributed by atoms with E-state index in [1.54, 1.807) is 7.11 Å². The first kappa shape index (κ1) is 16.8. The highest BCUT2D eigenvalue weighted by Gasteiger charge is 2.43. The van der Waals surface area contributed by atoms with Gasteiger partial charge in [-0.25, -0.2) is 0 Å². The fraction of sp³-hybridized carbons (Fsp3) is 0.381. The minimum Gasteiger partial charge on any atom is -0.497 e. The fourth-order valence-electron chi connectivity index (χ4n) is 3.27. The van der Waals surface area contributed by atoms with Gasteiger partial charge in [0.1, 0.15) is 11.9 Å². The third-order valence-electron chi connectivity index (χ3n) is 4.71. The molecule has 1 saturated carbocycles. The van der Waals surface area contributed by atoms with E-state index >= 15 is 0 Å². The first-order valence-electron chi connectivity index (χ1n) is 8.93. The molecule has 0 N–H and O–H groups in total. The summed E-state index contributed by atoms with van der Waals surface area (Å²) in [5.41, 5.74) is 3.31. The smallest absolute Gasteiger partial charge is 0.231 e. The van der Waals surface area contributed by atoms with Crippen LogP contribution in [0.15, 0.2) is 47.6 Å². The minimum absolute atomic E-state index is 0.0472. The molecule has 136 valence electrons. The fourth-order valence-corrected chi connectivity index (χ4v) is 3.27. The van der Waals surface area contributed by atoms with Crippen LogP contribution in [0.1, 0.15) is 37.3 Å². The van der Waals surface area contributed by atoms with E-state index in [9.17, 15) is 0 Å². The highest BCUT2D eigenvalue weighted by atomic mass is 16.7. The van der Waals surface area contributed by atoms with Crippen molar-refractivity contribution in [3.05, 3.63) is 53.6 Å². The van der Waals surface area contributed by atoms with Crippen LogP contribution < -0.4 is 14.2 Å². The molecule has 26 heavy (non-hydrogen) atoms. The predicted octanol–water partition coefficient (Wildman–Crippen LogP) is 4.36. The second-order valence-electron chi connectivity index (χ2n) is 6.92. The number of nitrogens with zero attached hydrogens (tertiary/aromatic N) is 1. The molecule has 2 atom stereocenters. The molecule has 5 nitrogen and oxygen atoms in total. The summed E-state index contributed by atoms with van der Waals surface area (Å²) in [6.45, 7) is 4.27. The number of oxime groups is 1. The molecule has 1 aliphatic heterocycles. The van der Waals surface area contributed by atoms with E-state index < -0.39 is 0 Å². The average molecular weight is 353 g/mol. The standard InChI is InChI=1S/C21H23NO4/c1-13(2)26-22-21(14-4-7-16(23-3)8-5-14)18-11-17(18)15-6-9-19-20(10-15)25-12-24-19/h4-10,13,17-18H,11-12H2,1-3H3/b22-21-/t17-,18-/m1/s1. The van der Waals surface area contributed by atoms with E-state index in [0.717, 1.165) is 34.9 Å². The van der Waals surface area contributed by atoms with E-state index in [0.29, 0.717) is 18.6 Å². The number of methoxy groups -OCH3 is 1. The largest absolute Gasteiger partial charge is 0.497 e. The first-order valence-corrected chi connectivity index (χ1v) is 8.93. The molecule has 0 unspecified atom stereocenters. The number of hydrogen-bond acceptors (Lipinski definition) is 5.